The van der Waals surface area contributed by atoms with E-state index in [1.54, 1.807) is 18.2 Å². The van der Waals surface area contributed by atoms with Crippen molar-refractivity contribution in [1.29, 1.82) is 0 Å². The second kappa shape index (κ2) is 9.47. The van der Waals surface area contributed by atoms with Crippen molar-refractivity contribution in [3.63, 3.8) is 0 Å². The number of carbonyl (C=O) groups is 3. The topological polar surface area (TPSA) is 78.5 Å². The van der Waals surface area contributed by atoms with Crippen LogP contribution < -0.4 is 15.5 Å². The average Bonchev–Trinajstić information content (AvgIpc) is 2.81. The molecule has 6 heteroatoms. The predicted molar refractivity (Wildman–Crippen MR) is 124 cm³/mol. The minimum Gasteiger partial charge on any atom is -0.345 e. The number of carbonyl (C=O) groups excluding carboxylic acids is 3. The van der Waals surface area contributed by atoms with Gasteiger partial charge in [0.2, 0.25) is 17.7 Å². The number of nitrogens with zero attached hydrogens (tertiary/aromatic N) is 1. The Morgan fingerprint density at radius 1 is 0.906 bits per heavy atom. The van der Waals surface area contributed by atoms with Gasteiger partial charge in [0.05, 0.1) is 17.4 Å². The summed E-state index contributed by atoms with van der Waals surface area (Å²) in [7, 11) is 0. The maximum Gasteiger partial charge on any atom is 0.244 e. The first-order valence-corrected chi connectivity index (χ1v) is 10.6. The molecule has 1 aliphatic heterocycles. The molecule has 6 nitrogen and oxygen atoms in total. The lowest BCUT2D eigenvalue weighted by Crippen LogP contribution is -2.42. The molecular formula is C26H25N3O3. The summed E-state index contributed by atoms with van der Waals surface area (Å²) in [5.41, 5.74) is 4.34. The number of fused-ring (bicyclic) bond motifs is 1. The first-order valence-electron chi connectivity index (χ1n) is 10.6. The predicted octanol–water partition coefficient (Wildman–Crippen LogP) is 3.97. The number of nitrogens with one attached hydrogen (secondary N) is 2. The molecule has 0 aliphatic carbocycles. The Labute approximate surface area is 187 Å². The lowest BCUT2D eigenvalue weighted by Gasteiger charge is -2.29. The highest BCUT2D eigenvalue weighted by Crippen LogP contribution is 2.29. The minimum atomic E-state index is -0.305. The molecule has 0 aromatic heterocycles. The van der Waals surface area contributed by atoms with E-state index < -0.39 is 0 Å². The molecule has 1 heterocycles. The van der Waals surface area contributed by atoms with E-state index in [2.05, 4.69) is 10.6 Å². The van der Waals surface area contributed by atoms with Crippen LogP contribution in [0, 0.1) is 6.92 Å². The van der Waals surface area contributed by atoms with Gasteiger partial charge in [0.1, 0.15) is 6.54 Å². The summed E-state index contributed by atoms with van der Waals surface area (Å²) in [5.74, 6) is -0.721. The van der Waals surface area contributed by atoms with E-state index in [9.17, 15) is 14.4 Å². The first-order chi connectivity index (χ1) is 15.5. The second-order valence-corrected chi connectivity index (χ2v) is 7.87. The van der Waals surface area contributed by atoms with Crippen LogP contribution in [0.4, 0.5) is 11.4 Å². The largest absolute Gasteiger partial charge is 0.345 e. The number of benzene rings is 3. The first kappa shape index (κ1) is 21.3. The molecule has 0 radical (unpaired) electrons. The van der Waals surface area contributed by atoms with E-state index in [1.807, 2.05) is 67.6 Å². The molecule has 3 aromatic rings. The number of aryl methyl sites for hydroxylation is 1. The third kappa shape index (κ3) is 4.86. The number of para-hydroxylation sites is 2. The van der Waals surface area contributed by atoms with Gasteiger partial charge in [0.25, 0.3) is 0 Å². The number of hydrogen-bond acceptors (Lipinski definition) is 3. The van der Waals surface area contributed by atoms with Crippen molar-refractivity contribution < 1.29 is 14.4 Å². The van der Waals surface area contributed by atoms with E-state index in [1.165, 1.54) is 4.90 Å². The molecule has 0 bridgehead atoms. The molecule has 0 fully saturated rings. The zero-order valence-electron chi connectivity index (χ0n) is 17.9. The Bertz CT molecular complexity index is 1130. The molecule has 1 aliphatic rings. The lowest BCUT2D eigenvalue weighted by molar-refractivity contribution is -0.126. The highest BCUT2D eigenvalue weighted by atomic mass is 16.2. The zero-order valence-corrected chi connectivity index (χ0v) is 17.9. The molecule has 0 spiro atoms. The van der Waals surface area contributed by atoms with Crippen molar-refractivity contribution in [1.82, 2.24) is 5.32 Å². The smallest absolute Gasteiger partial charge is 0.244 e. The maximum atomic E-state index is 12.8. The molecule has 1 atom stereocenters. The fourth-order valence-corrected chi connectivity index (χ4v) is 3.81. The number of hydrogen-bond donors (Lipinski definition) is 2. The molecule has 2 N–H and O–H groups in total. The summed E-state index contributed by atoms with van der Waals surface area (Å²) < 4.78 is 0. The van der Waals surface area contributed by atoms with Crippen molar-refractivity contribution in [3.05, 3.63) is 95.6 Å². The summed E-state index contributed by atoms with van der Waals surface area (Å²) in [4.78, 5) is 39.1. The molecule has 3 aromatic carbocycles. The highest BCUT2D eigenvalue weighted by Gasteiger charge is 2.27. The van der Waals surface area contributed by atoms with E-state index >= 15 is 0 Å². The minimum absolute atomic E-state index is 0.0167. The molecule has 162 valence electrons. The summed E-state index contributed by atoms with van der Waals surface area (Å²) in [6.45, 7) is 1.97. The van der Waals surface area contributed by atoms with Crippen molar-refractivity contribution in [2.75, 3.05) is 16.8 Å². The Kier molecular flexibility index (Phi) is 6.31. The fourth-order valence-electron chi connectivity index (χ4n) is 3.81. The van der Waals surface area contributed by atoms with Crippen LogP contribution in [0.25, 0.3) is 0 Å². The molecule has 0 saturated heterocycles. The highest BCUT2D eigenvalue weighted by molar-refractivity contribution is 6.10. The van der Waals surface area contributed by atoms with Gasteiger partial charge in [-0.1, -0.05) is 72.3 Å². The fraction of sp³-hybridized carbons (Fsp3) is 0.192. The van der Waals surface area contributed by atoms with Crippen LogP contribution in [0.15, 0.2) is 78.9 Å². The molecule has 0 saturated carbocycles. The summed E-state index contributed by atoms with van der Waals surface area (Å²) in [6.07, 6.45) is 0.0527. The van der Waals surface area contributed by atoms with Gasteiger partial charge < -0.3 is 15.5 Å². The summed E-state index contributed by atoms with van der Waals surface area (Å²) in [5, 5.41) is 5.83. The van der Waals surface area contributed by atoms with Crippen LogP contribution in [0.3, 0.4) is 0 Å². The van der Waals surface area contributed by atoms with Gasteiger partial charge in [-0.3, -0.25) is 14.4 Å². The maximum absolute atomic E-state index is 12.8. The van der Waals surface area contributed by atoms with Crippen LogP contribution in [-0.4, -0.2) is 24.3 Å². The average molecular weight is 428 g/mol. The standard InChI is InChI=1S/C26H25N3O3/c1-18-11-13-20(14-12-18)26(19-7-3-2-4-8-19)28-23(30)15-16-25(32)29-17-24(31)27-21-9-5-6-10-22(21)29/h2-14,26H,15-17H2,1H3,(H,27,31)(H,28,30)/t26-/m1/s1. The van der Waals surface area contributed by atoms with E-state index in [0.717, 1.165) is 16.7 Å². The van der Waals surface area contributed by atoms with Crippen molar-refractivity contribution in [3.8, 4) is 0 Å². The number of amides is 3. The van der Waals surface area contributed by atoms with Crippen molar-refractivity contribution in [2.24, 2.45) is 0 Å². The van der Waals surface area contributed by atoms with Gasteiger partial charge >= 0.3 is 0 Å². The Morgan fingerprint density at radius 3 is 2.31 bits per heavy atom. The van der Waals surface area contributed by atoms with Gasteiger partial charge in [-0.05, 0) is 30.2 Å². The third-order valence-corrected chi connectivity index (χ3v) is 5.49. The number of rotatable bonds is 6. The van der Waals surface area contributed by atoms with Crippen LogP contribution in [0.2, 0.25) is 0 Å². The Balaban J connectivity index is 1.44. The lowest BCUT2D eigenvalue weighted by atomic mass is 9.97. The number of anilines is 2. The molecule has 3 amide bonds. The monoisotopic (exact) mass is 427 g/mol. The van der Waals surface area contributed by atoms with Crippen LogP contribution >= 0.6 is 0 Å². The van der Waals surface area contributed by atoms with E-state index in [0.29, 0.717) is 11.4 Å². The van der Waals surface area contributed by atoms with E-state index in [4.69, 9.17) is 0 Å². The Morgan fingerprint density at radius 2 is 1.56 bits per heavy atom. The van der Waals surface area contributed by atoms with E-state index in [-0.39, 0.29) is 43.1 Å². The second-order valence-electron chi connectivity index (χ2n) is 7.87. The van der Waals surface area contributed by atoms with Gasteiger partial charge in [-0.25, -0.2) is 0 Å². The third-order valence-electron chi connectivity index (χ3n) is 5.49. The Hall–Kier alpha value is -3.93. The normalized spacial score (nSPS) is 13.7. The van der Waals surface area contributed by atoms with Gasteiger partial charge in [-0.15, -0.1) is 0 Å². The van der Waals surface area contributed by atoms with Crippen LogP contribution in [0.5, 0.6) is 0 Å². The van der Waals surface area contributed by atoms with Gasteiger partial charge in [0, 0.05) is 12.8 Å². The van der Waals surface area contributed by atoms with Crippen LogP contribution in [0.1, 0.15) is 35.6 Å². The molecule has 4 rings (SSSR count). The quantitative estimate of drug-likeness (QED) is 0.625. The zero-order chi connectivity index (χ0) is 22.5. The summed E-state index contributed by atoms with van der Waals surface area (Å²) >= 11 is 0. The molecule has 32 heavy (non-hydrogen) atoms. The summed E-state index contributed by atoms with van der Waals surface area (Å²) in [6, 6.07) is 24.6. The molecular weight excluding hydrogens is 402 g/mol. The van der Waals surface area contributed by atoms with Crippen LogP contribution in [-0.2, 0) is 14.4 Å². The molecule has 0 unspecified atom stereocenters. The van der Waals surface area contributed by atoms with Crippen molar-refractivity contribution >= 4 is 29.1 Å². The van der Waals surface area contributed by atoms with Gasteiger partial charge in [-0.2, -0.15) is 0 Å². The SMILES string of the molecule is Cc1ccc([C@H](NC(=O)CCC(=O)N2CC(=O)Nc3ccccc32)c2ccccc2)cc1. The van der Waals surface area contributed by atoms with Gasteiger partial charge in [0.15, 0.2) is 0 Å². The van der Waals surface area contributed by atoms with Crippen molar-refractivity contribution in [2.45, 2.75) is 25.8 Å².